The summed E-state index contributed by atoms with van der Waals surface area (Å²) < 4.78 is 2.82. The monoisotopic (exact) mass is 337 g/mol. The Hall–Kier alpha value is -1.36. The summed E-state index contributed by atoms with van der Waals surface area (Å²) in [6.45, 7) is 6.84. The molecule has 5 heteroatoms. The van der Waals surface area contributed by atoms with Crippen LogP contribution in [-0.4, -0.2) is 21.8 Å². The SMILES string of the molecule is CCCNC(=O)c1c(CCC)nc2c(Br)cc(C)cn12. The Bertz CT molecular complexity index is 634. The highest BCUT2D eigenvalue weighted by Gasteiger charge is 2.19. The lowest BCUT2D eigenvalue weighted by atomic mass is 10.2. The normalized spacial score (nSPS) is 11.0. The third kappa shape index (κ3) is 2.87. The molecule has 2 heterocycles. The summed E-state index contributed by atoms with van der Waals surface area (Å²) >= 11 is 3.53. The molecule has 0 spiro atoms. The van der Waals surface area contributed by atoms with E-state index < -0.39 is 0 Å². The van der Waals surface area contributed by atoms with Crippen molar-refractivity contribution in [2.24, 2.45) is 0 Å². The van der Waals surface area contributed by atoms with E-state index in [9.17, 15) is 4.79 Å². The summed E-state index contributed by atoms with van der Waals surface area (Å²) in [4.78, 5) is 17.0. The number of hydrogen-bond donors (Lipinski definition) is 1. The first kappa shape index (κ1) is 15.0. The molecular formula is C15H20BrN3O. The van der Waals surface area contributed by atoms with E-state index in [4.69, 9.17) is 0 Å². The predicted octanol–water partition coefficient (Wildman–Crippen LogP) is 3.50. The van der Waals surface area contributed by atoms with Crippen LogP contribution in [0.2, 0.25) is 0 Å². The molecule has 0 fully saturated rings. The number of nitrogens with zero attached hydrogens (tertiary/aromatic N) is 2. The fourth-order valence-corrected chi connectivity index (χ4v) is 2.89. The molecule has 0 aliphatic heterocycles. The van der Waals surface area contributed by atoms with Gasteiger partial charge in [-0.1, -0.05) is 20.3 Å². The summed E-state index contributed by atoms with van der Waals surface area (Å²) in [5, 5.41) is 2.95. The lowest BCUT2D eigenvalue weighted by molar-refractivity contribution is 0.0946. The van der Waals surface area contributed by atoms with Crippen molar-refractivity contribution >= 4 is 27.5 Å². The topological polar surface area (TPSA) is 46.4 Å². The summed E-state index contributed by atoms with van der Waals surface area (Å²) in [7, 11) is 0. The average Bonchev–Trinajstić information content (AvgIpc) is 2.75. The van der Waals surface area contributed by atoms with Crippen molar-refractivity contribution < 1.29 is 4.79 Å². The Labute approximate surface area is 127 Å². The van der Waals surface area contributed by atoms with Crippen LogP contribution < -0.4 is 5.32 Å². The number of carbonyl (C=O) groups excluding carboxylic acids is 1. The number of halogens is 1. The van der Waals surface area contributed by atoms with Crippen molar-refractivity contribution in [3.8, 4) is 0 Å². The van der Waals surface area contributed by atoms with Crippen molar-refractivity contribution in [1.82, 2.24) is 14.7 Å². The van der Waals surface area contributed by atoms with Crippen LogP contribution in [0.4, 0.5) is 0 Å². The fourth-order valence-electron chi connectivity index (χ4n) is 2.25. The van der Waals surface area contributed by atoms with Gasteiger partial charge >= 0.3 is 0 Å². The molecule has 1 N–H and O–H groups in total. The molecular weight excluding hydrogens is 318 g/mol. The molecule has 0 bridgehead atoms. The fraction of sp³-hybridized carbons (Fsp3) is 0.467. The Morgan fingerprint density at radius 1 is 1.40 bits per heavy atom. The number of hydrogen-bond acceptors (Lipinski definition) is 2. The number of aryl methyl sites for hydroxylation is 2. The Morgan fingerprint density at radius 2 is 2.15 bits per heavy atom. The van der Waals surface area contributed by atoms with Crippen molar-refractivity contribution in [3.05, 3.63) is 33.7 Å². The third-order valence-electron chi connectivity index (χ3n) is 3.12. The lowest BCUT2D eigenvalue weighted by Gasteiger charge is -2.06. The van der Waals surface area contributed by atoms with Crippen molar-refractivity contribution in [2.45, 2.75) is 40.0 Å². The molecule has 0 aromatic carbocycles. The van der Waals surface area contributed by atoms with Crippen LogP contribution in [-0.2, 0) is 6.42 Å². The van der Waals surface area contributed by atoms with Gasteiger partial charge in [-0.2, -0.15) is 0 Å². The van der Waals surface area contributed by atoms with E-state index in [-0.39, 0.29) is 5.91 Å². The highest BCUT2D eigenvalue weighted by Crippen LogP contribution is 2.23. The van der Waals surface area contributed by atoms with Gasteiger partial charge in [0.15, 0.2) is 5.65 Å². The van der Waals surface area contributed by atoms with Gasteiger partial charge in [-0.25, -0.2) is 4.98 Å². The van der Waals surface area contributed by atoms with Gasteiger partial charge in [0.05, 0.1) is 10.2 Å². The van der Waals surface area contributed by atoms with Gasteiger partial charge in [-0.15, -0.1) is 0 Å². The van der Waals surface area contributed by atoms with E-state index in [2.05, 4.69) is 33.2 Å². The number of amides is 1. The molecule has 2 aromatic heterocycles. The van der Waals surface area contributed by atoms with Gasteiger partial charge in [0.2, 0.25) is 0 Å². The maximum absolute atomic E-state index is 12.4. The second-order valence-electron chi connectivity index (χ2n) is 4.97. The van der Waals surface area contributed by atoms with Crippen molar-refractivity contribution in [1.29, 1.82) is 0 Å². The standard InChI is InChI=1S/C15H20BrN3O/c1-4-6-12-13(15(20)17-7-5-2)19-9-10(3)8-11(16)14(19)18-12/h8-9H,4-7H2,1-3H3,(H,17,20). The molecule has 0 saturated carbocycles. The highest BCUT2D eigenvalue weighted by atomic mass is 79.9. The molecule has 0 atom stereocenters. The largest absolute Gasteiger partial charge is 0.351 e. The summed E-state index contributed by atoms with van der Waals surface area (Å²) in [6, 6.07) is 2.02. The zero-order valence-corrected chi connectivity index (χ0v) is 13.7. The van der Waals surface area contributed by atoms with Crippen molar-refractivity contribution in [2.75, 3.05) is 6.54 Å². The van der Waals surface area contributed by atoms with Crippen molar-refractivity contribution in [3.63, 3.8) is 0 Å². The Kier molecular flexibility index (Phi) is 4.81. The van der Waals surface area contributed by atoms with Crippen LogP contribution in [0, 0.1) is 6.92 Å². The molecule has 0 aliphatic rings. The van der Waals surface area contributed by atoms with E-state index in [0.29, 0.717) is 12.2 Å². The van der Waals surface area contributed by atoms with Gasteiger partial charge in [0.1, 0.15) is 5.69 Å². The molecule has 1 amide bonds. The van der Waals surface area contributed by atoms with Gasteiger partial charge < -0.3 is 5.32 Å². The first-order valence-corrected chi connectivity index (χ1v) is 7.83. The number of fused-ring (bicyclic) bond motifs is 1. The zero-order chi connectivity index (χ0) is 14.7. The average molecular weight is 338 g/mol. The van der Waals surface area contributed by atoms with E-state index in [0.717, 1.165) is 40.6 Å². The Morgan fingerprint density at radius 3 is 2.80 bits per heavy atom. The summed E-state index contributed by atoms with van der Waals surface area (Å²) in [5.41, 5.74) is 3.43. The van der Waals surface area contributed by atoms with Gasteiger partial charge in [-0.05, 0) is 47.3 Å². The second-order valence-corrected chi connectivity index (χ2v) is 5.83. The molecule has 2 rings (SSSR count). The van der Waals surface area contributed by atoms with Crippen LogP contribution >= 0.6 is 15.9 Å². The smallest absolute Gasteiger partial charge is 0.270 e. The maximum atomic E-state index is 12.4. The molecule has 2 aromatic rings. The minimum Gasteiger partial charge on any atom is -0.351 e. The van der Waals surface area contributed by atoms with Crippen LogP contribution in [0.15, 0.2) is 16.7 Å². The first-order chi connectivity index (χ1) is 9.58. The minimum atomic E-state index is -0.0414. The molecule has 0 unspecified atom stereocenters. The molecule has 0 radical (unpaired) electrons. The second kappa shape index (κ2) is 6.39. The van der Waals surface area contributed by atoms with E-state index in [1.807, 2.05) is 30.5 Å². The van der Waals surface area contributed by atoms with Gasteiger partial charge in [0.25, 0.3) is 5.91 Å². The predicted molar refractivity (Wildman–Crippen MR) is 84.2 cm³/mol. The van der Waals surface area contributed by atoms with Crippen LogP contribution in [0.25, 0.3) is 5.65 Å². The number of rotatable bonds is 5. The van der Waals surface area contributed by atoms with Crippen LogP contribution in [0.3, 0.4) is 0 Å². The summed E-state index contributed by atoms with van der Waals surface area (Å²) in [6.07, 6.45) is 4.66. The number of imidazole rings is 1. The minimum absolute atomic E-state index is 0.0414. The molecule has 108 valence electrons. The van der Waals surface area contributed by atoms with Gasteiger partial charge in [0, 0.05) is 12.7 Å². The Balaban J connectivity index is 2.58. The zero-order valence-electron chi connectivity index (χ0n) is 12.2. The highest BCUT2D eigenvalue weighted by molar-refractivity contribution is 9.10. The lowest BCUT2D eigenvalue weighted by Crippen LogP contribution is -2.26. The number of carbonyl (C=O) groups is 1. The van der Waals surface area contributed by atoms with Gasteiger partial charge in [-0.3, -0.25) is 9.20 Å². The summed E-state index contributed by atoms with van der Waals surface area (Å²) in [5.74, 6) is -0.0414. The van der Waals surface area contributed by atoms with Crippen LogP contribution in [0.5, 0.6) is 0 Å². The van der Waals surface area contributed by atoms with Crippen LogP contribution in [0.1, 0.15) is 48.4 Å². The first-order valence-electron chi connectivity index (χ1n) is 7.03. The van der Waals surface area contributed by atoms with E-state index in [1.54, 1.807) is 0 Å². The quantitative estimate of drug-likeness (QED) is 0.907. The molecule has 0 aliphatic carbocycles. The maximum Gasteiger partial charge on any atom is 0.270 e. The molecule has 20 heavy (non-hydrogen) atoms. The molecule has 0 saturated heterocycles. The number of aromatic nitrogens is 2. The van der Waals surface area contributed by atoms with E-state index >= 15 is 0 Å². The molecule has 4 nitrogen and oxygen atoms in total. The van der Waals surface area contributed by atoms with E-state index in [1.165, 1.54) is 0 Å². The number of pyridine rings is 1. The third-order valence-corrected chi connectivity index (χ3v) is 3.71. The number of nitrogens with one attached hydrogen (secondary N) is 1.